The van der Waals surface area contributed by atoms with Gasteiger partial charge in [0.25, 0.3) is 0 Å². The fourth-order valence-electron chi connectivity index (χ4n) is 1.39. The summed E-state index contributed by atoms with van der Waals surface area (Å²) in [4.78, 5) is 11.7. The predicted molar refractivity (Wildman–Crippen MR) is 73.0 cm³/mol. The summed E-state index contributed by atoms with van der Waals surface area (Å²) >= 11 is 6.68. The van der Waals surface area contributed by atoms with Gasteiger partial charge in [-0.1, -0.05) is 31.9 Å². The first-order valence-corrected chi connectivity index (χ1v) is 7.13. The number of rotatable bonds is 5. The molecule has 1 aromatic rings. The van der Waals surface area contributed by atoms with Gasteiger partial charge in [0.2, 0.25) is 0 Å². The van der Waals surface area contributed by atoms with Gasteiger partial charge in [-0.3, -0.25) is 4.79 Å². The van der Waals surface area contributed by atoms with Gasteiger partial charge in [-0.15, -0.1) is 0 Å². The van der Waals surface area contributed by atoms with Gasteiger partial charge in [0.05, 0.1) is 11.4 Å². The molecule has 1 rings (SSSR count). The van der Waals surface area contributed by atoms with Crippen LogP contribution < -0.4 is 4.74 Å². The third-order valence-electron chi connectivity index (χ3n) is 2.16. The van der Waals surface area contributed by atoms with Crippen molar-refractivity contribution in [3.63, 3.8) is 0 Å². The molecule has 0 N–H and O–H groups in total. The second-order valence-corrected chi connectivity index (χ2v) is 5.30. The monoisotopic (exact) mass is 348 g/mol. The number of benzene rings is 1. The van der Waals surface area contributed by atoms with Crippen LogP contribution in [-0.4, -0.2) is 17.2 Å². The SMILES string of the molecule is CCOc1ccc(C(=O)C(C)Br)c(CBr)c1. The molecular formula is C12H14Br2O2. The Balaban J connectivity index is 3.06. The molecule has 1 unspecified atom stereocenters. The fourth-order valence-corrected chi connectivity index (χ4v) is 2.10. The summed E-state index contributed by atoms with van der Waals surface area (Å²) in [5, 5.41) is 0.648. The van der Waals surface area contributed by atoms with Gasteiger partial charge in [0.15, 0.2) is 5.78 Å². The Bertz CT molecular complexity index is 375. The van der Waals surface area contributed by atoms with E-state index in [1.54, 1.807) is 0 Å². The third kappa shape index (κ3) is 3.32. The van der Waals surface area contributed by atoms with E-state index in [2.05, 4.69) is 31.9 Å². The number of carbonyl (C=O) groups excluding carboxylic acids is 1. The van der Waals surface area contributed by atoms with Crippen molar-refractivity contribution in [3.8, 4) is 5.75 Å². The first-order chi connectivity index (χ1) is 7.60. The van der Waals surface area contributed by atoms with Gasteiger partial charge in [-0.25, -0.2) is 0 Å². The maximum atomic E-state index is 11.9. The molecule has 16 heavy (non-hydrogen) atoms. The molecule has 2 nitrogen and oxygen atoms in total. The van der Waals surface area contributed by atoms with Crippen molar-refractivity contribution < 1.29 is 9.53 Å². The minimum absolute atomic E-state index is 0.0949. The van der Waals surface area contributed by atoms with Crippen molar-refractivity contribution >= 4 is 37.6 Å². The molecule has 0 amide bonds. The van der Waals surface area contributed by atoms with Crippen LogP contribution in [0.25, 0.3) is 0 Å². The zero-order valence-electron chi connectivity index (χ0n) is 9.30. The summed E-state index contributed by atoms with van der Waals surface area (Å²) in [6.45, 7) is 4.40. The molecule has 0 aliphatic heterocycles. The Morgan fingerprint density at radius 3 is 2.69 bits per heavy atom. The highest BCUT2D eigenvalue weighted by Gasteiger charge is 2.15. The molecule has 0 fully saturated rings. The highest BCUT2D eigenvalue weighted by atomic mass is 79.9. The summed E-state index contributed by atoms with van der Waals surface area (Å²) in [6, 6.07) is 5.56. The summed E-state index contributed by atoms with van der Waals surface area (Å²) in [7, 11) is 0. The molecule has 1 aromatic carbocycles. The Labute approximate surface area is 113 Å². The van der Waals surface area contributed by atoms with E-state index in [0.717, 1.165) is 16.9 Å². The lowest BCUT2D eigenvalue weighted by atomic mass is 10.0. The molecule has 4 heteroatoms. The lowest BCUT2D eigenvalue weighted by Gasteiger charge is -2.10. The quantitative estimate of drug-likeness (QED) is 0.594. The number of ether oxygens (including phenoxy) is 1. The second-order valence-electron chi connectivity index (χ2n) is 3.37. The fraction of sp³-hybridized carbons (Fsp3) is 0.417. The van der Waals surface area contributed by atoms with E-state index < -0.39 is 0 Å². The van der Waals surface area contributed by atoms with Crippen LogP contribution in [0.15, 0.2) is 18.2 Å². The summed E-state index contributed by atoms with van der Waals surface area (Å²) < 4.78 is 5.40. The number of carbonyl (C=O) groups is 1. The van der Waals surface area contributed by atoms with Crippen molar-refractivity contribution in [3.05, 3.63) is 29.3 Å². The largest absolute Gasteiger partial charge is 0.494 e. The number of hydrogen-bond donors (Lipinski definition) is 0. The molecule has 1 atom stereocenters. The molecule has 0 heterocycles. The standard InChI is InChI=1S/C12H14Br2O2/c1-3-16-10-4-5-11(9(6-10)7-13)12(15)8(2)14/h4-6,8H,3,7H2,1-2H3. The first-order valence-electron chi connectivity index (χ1n) is 5.10. The van der Waals surface area contributed by atoms with Gasteiger partial charge in [-0.05, 0) is 37.6 Å². The lowest BCUT2D eigenvalue weighted by molar-refractivity contribution is 0.0995. The highest BCUT2D eigenvalue weighted by Crippen LogP contribution is 2.22. The number of ketones is 1. The van der Waals surface area contributed by atoms with Crippen LogP contribution in [0, 0.1) is 0 Å². The molecule has 88 valence electrons. The first kappa shape index (κ1) is 13.7. The van der Waals surface area contributed by atoms with E-state index in [4.69, 9.17) is 4.74 Å². The molecule has 0 aromatic heterocycles. The minimum atomic E-state index is -0.164. The Morgan fingerprint density at radius 1 is 1.50 bits per heavy atom. The maximum Gasteiger partial charge on any atom is 0.176 e. The van der Waals surface area contributed by atoms with Crippen LogP contribution >= 0.6 is 31.9 Å². The van der Waals surface area contributed by atoms with Crippen LogP contribution in [0.5, 0.6) is 5.75 Å². The average molecular weight is 350 g/mol. The summed E-state index contributed by atoms with van der Waals surface area (Å²) in [5.74, 6) is 0.897. The molecule has 0 aliphatic rings. The van der Waals surface area contributed by atoms with Crippen molar-refractivity contribution in [1.29, 1.82) is 0 Å². The second kappa shape index (κ2) is 6.40. The minimum Gasteiger partial charge on any atom is -0.494 e. The van der Waals surface area contributed by atoms with Crippen LogP contribution in [0.1, 0.15) is 29.8 Å². The third-order valence-corrected chi connectivity index (χ3v) is 3.18. The summed E-state index contributed by atoms with van der Waals surface area (Å²) in [5.41, 5.74) is 1.70. The van der Waals surface area contributed by atoms with E-state index in [9.17, 15) is 4.79 Å². The zero-order chi connectivity index (χ0) is 12.1. The number of halogens is 2. The van der Waals surface area contributed by atoms with Crippen LogP contribution in [-0.2, 0) is 5.33 Å². The van der Waals surface area contributed by atoms with Crippen LogP contribution in [0.4, 0.5) is 0 Å². The van der Waals surface area contributed by atoms with Gasteiger partial charge in [-0.2, -0.15) is 0 Å². The van der Waals surface area contributed by atoms with E-state index in [1.165, 1.54) is 0 Å². The normalized spacial score (nSPS) is 12.2. The molecule has 0 saturated heterocycles. The molecule has 0 aliphatic carbocycles. The Kier molecular flexibility index (Phi) is 5.49. The van der Waals surface area contributed by atoms with Crippen molar-refractivity contribution in [2.75, 3.05) is 6.61 Å². The van der Waals surface area contributed by atoms with E-state index in [0.29, 0.717) is 11.9 Å². The van der Waals surface area contributed by atoms with Crippen LogP contribution in [0.3, 0.4) is 0 Å². The highest BCUT2D eigenvalue weighted by molar-refractivity contribution is 9.10. The lowest BCUT2D eigenvalue weighted by Crippen LogP contribution is -2.12. The van der Waals surface area contributed by atoms with Crippen molar-refractivity contribution in [1.82, 2.24) is 0 Å². The van der Waals surface area contributed by atoms with E-state index >= 15 is 0 Å². The van der Waals surface area contributed by atoms with Crippen molar-refractivity contribution in [2.45, 2.75) is 24.0 Å². The zero-order valence-corrected chi connectivity index (χ0v) is 12.5. The molecule has 0 bridgehead atoms. The Hall–Kier alpha value is -0.350. The van der Waals surface area contributed by atoms with Gasteiger partial charge < -0.3 is 4.74 Å². The Morgan fingerprint density at radius 2 is 2.19 bits per heavy atom. The molecule has 0 radical (unpaired) electrons. The maximum absolute atomic E-state index is 11.9. The molecular weight excluding hydrogens is 336 g/mol. The number of alkyl halides is 2. The van der Waals surface area contributed by atoms with E-state index in [1.807, 2.05) is 32.0 Å². The predicted octanol–water partition coefficient (Wildman–Crippen LogP) is 3.95. The summed E-state index contributed by atoms with van der Waals surface area (Å²) in [6.07, 6.45) is 0. The number of Topliss-reactive ketones (excluding diaryl/α,β-unsaturated/α-hetero) is 1. The average Bonchev–Trinajstić information content (AvgIpc) is 2.28. The van der Waals surface area contributed by atoms with Gasteiger partial charge in [0.1, 0.15) is 5.75 Å². The topological polar surface area (TPSA) is 26.3 Å². The van der Waals surface area contributed by atoms with Crippen molar-refractivity contribution in [2.24, 2.45) is 0 Å². The smallest absolute Gasteiger partial charge is 0.176 e. The van der Waals surface area contributed by atoms with Gasteiger partial charge in [0, 0.05) is 10.9 Å². The molecule has 0 saturated carbocycles. The number of hydrogen-bond acceptors (Lipinski definition) is 2. The van der Waals surface area contributed by atoms with Crippen LogP contribution in [0.2, 0.25) is 0 Å². The van der Waals surface area contributed by atoms with E-state index in [-0.39, 0.29) is 10.6 Å². The van der Waals surface area contributed by atoms with Gasteiger partial charge >= 0.3 is 0 Å². The molecule has 0 spiro atoms.